The Morgan fingerprint density at radius 2 is 0.911 bits per heavy atom. The van der Waals surface area contributed by atoms with Crippen molar-refractivity contribution < 1.29 is 85.9 Å². The average molecular weight is 1740 g/mol. The minimum Gasteiger partial charge on any atom is -0.481 e. The quantitative estimate of drug-likeness (QED) is 0.0443. The molecule has 34 heteroatoms. The van der Waals surface area contributed by atoms with Gasteiger partial charge in [0.25, 0.3) is 5.97 Å². The third kappa shape index (κ3) is 24.6. The number of nitrogens with zero attached hydrogens (tertiary/aromatic N) is 12. The van der Waals surface area contributed by atoms with Crippen molar-refractivity contribution in [3.63, 3.8) is 0 Å². The van der Waals surface area contributed by atoms with Crippen molar-refractivity contribution in [3.05, 3.63) is 176 Å². The third-order valence-electron chi connectivity index (χ3n) is 20.5. The molecule has 4 aliphatic heterocycles. The fraction of sp³-hybridized carbons (Fsp3) is 0.478. The lowest BCUT2D eigenvalue weighted by atomic mass is 9.75. The van der Waals surface area contributed by atoms with Crippen LogP contribution in [-0.4, -0.2) is 209 Å². The van der Waals surface area contributed by atoms with Gasteiger partial charge < -0.3 is 58.7 Å². The molecule has 9 aromatic rings. The summed E-state index contributed by atoms with van der Waals surface area (Å²) in [5.74, 6) is -3.18. The Kier molecular flexibility index (Phi) is 31.9. The molecular formula is C90H116BClF4N14O14. The first-order valence-electron chi connectivity index (χ1n) is 41.6. The van der Waals surface area contributed by atoms with Crippen LogP contribution in [0.3, 0.4) is 0 Å². The number of pyridine rings is 3. The van der Waals surface area contributed by atoms with E-state index in [1.165, 1.54) is 63.8 Å². The number of aromatic nitrogens is 9. The number of esters is 3. The number of carboxylic acids is 1. The van der Waals surface area contributed by atoms with Crippen LogP contribution in [0.15, 0.2) is 109 Å². The summed E-state index contributed by atoms with van der Waals surface area (Å²) in [6.07, 6.45) is 6.62. The smallest absolute Gasteiger partial charge is 0.481 e. The highest BCUT2D eigenvalue weighted by Crippen LogP contribution is 2.42. The summed E-state index contributed by atoms with van der Waals surface area (Å²) in [5.41, 5.74) is 8.45. The summed E-state index contributed by atoms with van der Waals surface area (Å²) in [6.45, 7) is 42.2. The first-order valence-corrected chi connectivity index (χ1v) is 41.2. The van der Waals surface area contributed by atoms with Crippen LogP contribution in [0.1, 0.15) is 249 Å². The Morgan fingerprint density at radius 1 is 0.548 bits per heavy atom. The predicted octanol–water partition coefficient (Wildman–Crippen LogP) is 18.2. The Hall–Kier alpha value is -11.3. The SMILES string of the molecule is CC(=O)O.CC(C)(C)OC(=O)N1CC=C(B2OC(C)(C)C(C)(C)O2)CC1.COC(=O)c1cc(C2=CCN(C(=O)NC(C)(C)C)CC2)c2c(C(C)C)nn(-c3ccc(F)cc3)c2n1.COC(=O)c1cc(C2CCN(C(=O)NC(C)(C)C)CC2)c2c(C(C)C)nn(-c3ccc(F)cc3)c2n1.COC(=O)c1cc(Cl)c2c(C(C)C)nn(-c3ccc(F)cc3)c2n1.[2H]CF. The maximum atomic E-state index is 13.6. The topological polar surface area (TPSA) is 321 Å². The molecule has 2 saturated heterocycles. The first kappa shape index (κ1) is 96.5. The number of likely N-dealkylation sites (tertiary alicyclic amines) is 1. The fourth-order valence-corrected chi connectivity index (χ4v) is 14.1. The number of methoxy groups -OCH3 is 3. The Balaban J connectivity index is 0.000000205. The molecule has 3 N–H and O–H groups in total. The van der Waals surface area contributed by atoms with Gasteiger partial charge >= 0.3 is 43.2 Å². The highest BCUT2D eigenvalue weighted by molar-refractivity contribution is 6.54. The summed E-state index contributed by atoms with van der Waals surface area (Å²) in [7, 11) is 2.61. The monoisotopic (exact) mass is 1740 g/mol. The highest BCUT2D eigenvalue weighted by atomic mass is 35.5. The van der Waals surface area contributed by atoms with Gasteiger partial charge in [0.05, 0.1) is 91.0 Å². The molecule has 10 heterocycles. The van der Waals surface area contributed by atoms with Gasteiger partial charge in [-0.15, -0.1) is 0 Å². The number of rotatable bonds is 12. The number of fused-ring (bicyclic) bond motifs is 3. The molecule has 28 nitrogen and oxygen atoms in total. The molecule has 0 unspecified atom stereocenters. The number of ether oxygens (including phenoxy) is 4. The molecule has 5 amide bonds. The predicted molar refractivity (Wildman–Crippen MR) is 469 cm³/mol. The number of hydrogen-bond acceptors (Lipinski definition) is 19. The van der Waals surface area contributed by atoms with Gasteiger partial charge in [-0.1, -0.05) is 65.3 Å². The lowest BCUT2D eigenvalue weighted by Gasteiger charge is -2.34. The lowest BCUT2D eigenvalue weighted by Crippen LogP contribution is -2.50. The van der Waals surface area contributed by atoms with E-state index in [9.17, 15) is 46.3 Å². The molecule has 0 bridgehead atoms. The summed E-state index contributed by atoms with van der Waals surface area (Å²) in [5, 5.41) is 30.5. The van der Waals surface area contributed by atoms with Crippen molar-refractivity contribution in [1.82, 2.24) is 69.6 Å². The van der Waals surface area contributed by atoms with Crippen molar-refractivity contribution in [1.29, 1.82) is 0 Å². The number of piperidine rings is 1. The van der Waals surface area contributed by atoms with Crippen LogP contribution in [0.25, 0.3) is 55.7 Å². The van der Waals surface area contributed by atoms with E-state index in [1.807, 2.05) is 141 Å². The maximum absolute atomic E-state index is 13.6. The molecule has 0 aliphatic carbocycles. The minimum atomic E-state index is -1.00. The number of aliphatic carboxylic acids is 1. The van der Waals surface area contributed by atoms with E-state index in [2.05, 4.69) is 44.5 Å². The number of alkyl halides is 1. The summed E-state index contributed by atoms with van der Waals surface area (Å²) in [4.78, 5) is 102. The number of nitrogens with one attached hydrogen (secondary N) is 2. The van der Waals surface area contributed by atoms with E-state index in [4.69, 9.17) is 61.3 Å². The van der Waals surface area contributed by atoms with Gasteiger partial charge in [0.15, 0.2) is 34.0 Å². The molecule has 0 spiro atoms. The van der Waals surface area contributed by atoms with Crippen molar-refractivity contribution in [3.8, 4) is 17.1 Å². The largest absolute Gasteiger partial charge is 0.490 e. The summed E-state index contributed by atoms with van der Waals surface area (Å²) < 4.78 is 93.0. The number of carbonyl (C=O) groups is 7. The molecule has 2 fully saturated rings. The normalized spacial score (nSPS) is 15.3. The molecule has 0 radical (unpaired) electrons. The number of carboxylic acid groups (broad SMARTS) is 1. The number of halogens is 5. The molecule has 0 atom stereocenters. The fourth-order valence-electron chi connectivity index (χ4n) is 13.8. The van der Waals surface area contributed by atoms with Crippen LogP contribution in [0, 0.1) is 17.5 Å². The van der Waals surface area contributed by atoms with Gasteiger partial charge in [0, 0.05) is 62.7 Å². The number of amides is 5. The number of benzene rings is 3. The van der Waals surface area contributed by atoms with Crippen molar-refractivity contribution in [2.75, 3.05) is 67.8 Å². The molecule has 124 heavy (non-hydrogen) atoms. The van der Waals surface area contributed by atoms with Crippen molar-refractivity contribution in [2.45, 2.75) is 216 Å². The molecule has 0 saturated carbocycles. The van der Waals surface area contributed by atoms with Gasteiger partial charge in [-0.2, -0.15) is 15.3 Å². The standard InChI is InChI=1S/C27H34FN5O3.C27H32FN5O3.C17H15ClFN3O2.C16H28BNO4.C2H4O2.CH3F/c2*1-16(2)23-22-20(17-11-13-32(14-12-17)26(35)30-27(3,4)5)15-21(25(34)36-6)29-24(22)33(31-23)19-9-7-18(28)8-10-19;1-9(2)15-14-12(18)8-13(17(23)24-3)20-16(14)22(21-15)11-6-4-10(19)5-7-11;1-14(2,3)20-13(19)18-10-8-12(9-11-18)17-21-15(4,5)16(6,7)22-17;1-2(3)4;1-2/h7-10,15-17H,11-14H2,1-6H3,(H,30,35);7-11,15-16H,12-14H2,1-6H3,(H,30,35);4-9H,1-3H3;8H,9-11H2,1-7H3;1H3,(H,3,4);1H3/i;;;;;1D. The number of urea groups is 2. The van der Waals surface area contributed by atoms with Crippen molar-refractivity contribution >= 4 is 99.4 Å². The zero-order valence-electron chi connectivity index (χ0n) is 76.0. The van der Waals surface area contributed by atoms with Crippen molar-refractivity contribution in [2.24, 2.45) is 0 Å². The van der Waals surface area contributed by atoms with E-state index in [0.717, 1.165) is 76.2 Å². The van der Waals surface area contributed by atoms with E-state index in [0.29, 0.717) is 90.1 Å². The van der Waals surface area contributed by atoms with Gasteiger partial charge in [0.1, 0.15) is 23.1 Å². The molecular weight excluding hydrogens is 1620 g/mol. The zero-order chi connectivity index (χ0) is 92.9. The minimum absolute atomic E-state index is 0.0666. The first-order chi connectivity index (χ1) is 58.4. The van der Waals surface area contributed by atoms with Crippen LogP contribution in [0.5, 0.6) is 0 Å². The molecule has 13 rings (SSSR count). The van der Waals surface area contributed by atoms with Crippen LogP contribution in [0.4, 0.5) is 31.9 Å². The Labute approximate surface area is 728 Å². The second-order valence-corrected chi connectivity index (χ2v) is 35.5. The Morgan fingerprint density at radius 3 is 1.28 bits per heavy atom. The molecule has 6 aromatic heterocycles. The second-order valence-electron chi connectivity index (χ2n) is 35.1. The van der Waals surface area contributed by atoms with Crippen LogP contribution in [0.2, 0.25) is 5.02 Å². The van der Waals surface area contributed by atoms with Crippen LogP contribution < -0.4 is 10.6 Å². The van der Waals surface area contributed by atoms with E-state index in [1.54, 1.807) is 66.3 Å². The number of hydrogen-bond donors (Lipinski definition) is 3. The highest BCUT2D eigenvalue weighted by Gasteiger charge is 2.53. The van der Waals surface area contributed by atoms with E-state index >= 15 is 0 Å². The molecule has 4 aliphatic rings. The van der Waals surface area contributed by atoms with Gasteiger partial charge in [-0.05, 0) is 253 Å². The van der Waals surface area contributed by atoms with Crippen LogP contribution in [-0.2, 0) is 33.1 Å². The second kappa shape index (κ2) is 41.0. The van der Waals surface area contributed by atoms with Crippen LogP contribution >= 0.6 is 11.6 Å². The number of carbonyl (C=O) groups excluding carboxylic acids is 6. The maximum Gasteiger partial charge on any atom is 0.490 e. The van der Waals surface area contributed by atoms with E-state index in [-0.39, 0.29) is 106 Å². The van der Waals surface area contributed by atoms with Gasteiger partial charge in [-0.3, -0.25) is 9.18 Å². The Bertz CT molecular complexity index is 5400. The molecule has 3 aromatic carbocycles. The summed E-state index contributed by atoms with van der Waals surface area (Å²) >= 11 is 6.38. The average Bonchev–Trinajstić information content (AvgIpc) is 1.64. The van der Waals surface area contributed by atoms with Gasteiger partial charge in [0.2, 0.25) is 0 Å². The lowest BCUT2D eigenvalue weighted by molar-refractivity contribution is -0.134. The zero-order valence-corrected chi connectivity index (χ0v) is 75.7. The summed E-state index contributed by atoms with van der Waals surface area (Å²) in [6, 6.07) is 22.7. The molecule has 668 valence electrons. The third-order valence-corrected chi connectivity index (χ3v) is 20.8. The van der Waals surface area contributed by atoms with E-state index < -0.39 is 36.6 Å². The van der Waals surface area contributed by atoms with Gasteiger partial charge in [-0.25, -0.2) is 70.9 Å².